The van der Waals surface area contributed by atoms with Gasteiger partial charge in [-0.15, -0.1) is 0 Å². The molecule has 0 aliphatic carbocycles. The largest absolute Gasteiger partial charge is 0.352 e. The summed E-state index contributed by atoms with van der Waals surface area (Å²) in [6.07, 6.45) is 1.05. The van der Waals surface area contributed by atoms with Gasteiger partial charge in [0.25, 0.3) is 0 Å². The first-order valence-corrected chi connectivity index (χ1v) is 6.20. The van der Waals surface area contributed by atoms with E-state index in [4.69, 9.17) is 0 Å². The lowest BCUT2D eigenvalue weighted by molar-refractivity contribution is -0.119. The van der Waals surface area contributed by atoms with Crippen molar-refractivity contribution in [3.05, 3.63) is 35.9 Å². The maximum atomic E-state index is 11.0. The van der Waals surface area contributed by atoms with E-state index in [1.54, 1.807) is 6.92 Å². The van der Waals surface area contributed by atoms with E-state index in [1.807, 2.05) is 6.07 Å². The summed E-state index contributed by atoms with van der Waals surface area (Å²) < 4.78 is 0. The molecule has 0 saturated carbocycles. The molecule has 1 fully saturated rings. The van der Waals surface area contributed by atoms with Gasteiger partial charge in [0.1, 0.15) is 0 Å². The molecule has 0 unspecified atom stereocenters. The molecule has 1 aliphatic rings. The Hall–Kier alpha value is -1.35. The first-order chi connectivity index (χ1) is 8.15. The summed E-state index contributed by atoms with van der Waals surface area (Å²) in [5, 5.41) is 3.01. The molecule has 1 aromatic carbocycles. The number of carbonyl (C=O) groups is 1. The Kier molecular flexibility index (Phi) is 3.79. The number of rotatable bonds is 3. The van der Waals surface area contributed by atoms with Gasteiger partial charge in [0.2, 0.25) is 5.91 Å². The second kappa shape index (κ2) is 5.32. The number of nitrogens with zero attached hydrogens (tertiary/aromatic N) is 1. The molecule has 1 amide bonds. The molecule has 17 heavy (non-hydrogen) atoms. The lowest BCUT2D eigenvalue weighted by Gasteiger charge is -2.20. The molecule has 1 saturated heterocycles. The molecule has 92 valence electrons. The highest BCUT2D eigenvalue weighted by molar-refractivity contribution is 5.73. The van der Waals surface area contributed by atoms with Crippen LogP contribution in [0.5, 0.6) is 0 Å². The third-order valence-electron chi connectivity index (χ3n) is 3.34. The molecular formula is C14H20N2O. The summed E-state index contributed by atoms with van der Waals surface area (Å²) in [5.41, 5.74) is 1.34. The average molecular weight is 232 g/mol. The summed E-state index contributed by atoms with van der Waals surface area (Å²) in [4.78, 5) is 13.5. The number of benzene rings is 1. The molecule has 2 rings (SSSR count). The van der Waals surface area contributed by atoms with E-state index < -0.39 is 0 Å². The Labute approximate surface area is 103 Å². The monoisotopic (exact) mass is 232 g/mol. The van der Waals surface area contributed by atoms with Crippen molar-refractivity contribution in [3.8, 4) is 0 Å². The van der Waals surface area contributed by atoms with Crippen LogP contribution in [0.25, 0.3) is 0 Å². The van der Waals surface area contributed by atoms with Crippen molar-refractivity contribution in [2.24, 2.45) is 0 Å². The average Bonchev–Trinajstić information content (AvgIpc) is 2.59. The van der Waals surface area contributed by atoms with Gasteiger partial charge in [-0.2, -0.15) is 0 Å². The zero-order valence-corrected chi connectivity index (χ0v) is 10.5. The lowest BCUT2D eigenvalue weighted by atomic mass is 10.2. The first kappa shape index (κ1) is 12.1. The summed E-state index contributed by atoms with van der Waals surface area (Å²) in [5.74, 6) is 0.0729. The van der Waals surface area contributed by atoms with Gasteiger partial charge in [0.05, 0.1) is 0 Å². The van der Waals surface area contributed by atoms with Crippen molar-refractivity contribution in [1.29, 1.82) is 0 Å². The van der Waals surface area contributed by atoms with E-state index in [1.165, 1.54) is 5.56 Å². The van der Waals surface area contributed by atoms with Crippen LogP contribution in [0, 0.1) is 0 Å². The highest BCUT2D eigenvalue weighted by atomic mass is 16.1. The summed E-state index contributed by atoms with van der Waals surface area (Å²) >= 11 is 0. The van der Waals surface area contributed by atoms with Gasteiger partial charge in [-0.1, -0.05) is 30.3 Å². The Morgan fingerprint density at radius 1 is 1.41 bits per heavy atom. The third-order valence-corrected chi connectivity index (χ3v) is 3.34. The van der Waals surface area contributed by atoms with E-state index in [-0.39, 0.29) is 5.91 Å². The Bertz CT molecular complexity index is 377. The third kappa shape index (κ3) is 3.30. The highest BCUT2D eigenvalue weighted by Crippen LogP contribution is 2.20. The normalized spacial score (nSPS) is 24.8. The molecule has 3 heteroatoms. The standard InChI is InChI=1S/C14H20N2O/c1-11-8-14(15-12(2)17)10-16(11)9-13-6-4-3-5-7-13/h3-7,11,14H,8-10H2,1-2H3,(H,15,17)/t11-,14-/m1/s1. The number of likely N-dealkylation sites (tertiary alicyclic amines) is 1. The second-order valence-corrected chi connectivity index (χ2v) is 4.90. The van der Waals surface area contributed by atoms with E-state index in [9.17, 15) is 4.79 Å². The summed E-state index contributed by atoms with van der Waals surface area (Å²) in [7, 11) is 0. The molecule has 1 aliphatic heterocycles. The van der Waals surface area contributed by atoms with E-state index in [2.05, 4.69) is 41.4 Å². The fourth-order valence-electron chi connectivity index (χ4n) is 2.53. The van der Waals surface area contributed by atoms with Gasteiger partial charge in [-0.05, 0) is 18.9 Å². The van der Waals surface area contributed by atoms with Gasteiger partial charge in [0, 0.05) is 32.1 Å². The molecule has 1 heterocycles. The molecular weight excluding hydrogens is 212 g/mol. The zero-order valence-electron chi connectivity index (χ0n) is 10.5. The van der Waals surface area contributed by atoms with Crippen LogP contribution in [-0.2, 0) is 11.3 Å². The quantitative estimate of drug-likeness (QED) is 0.861. The van der Waals surface area contributed by atoms with E-state index in [0.29, 0.717) is 12.1 Å². The summed E-state index contributed by atoms with van der Waals surface area (Å²) in [6, 6.07) is 11.3. The molecule has 3 nitrogen and oxygen atoms in total. The number of amides is 1. The van der Waals surface area contributed by atoms with Crippen molar-refractivity contribution in [3.63, 3.8) is 0 Å². The molecule has 0 aromatic heterocycles. The molecule has 1 aromatic rings. The summed E-state index contributed by atoms with van der Waals surface area (Å²) in [6.45, 7) is 5.74. The van der Waals surface area contributed by atoms with Crippen LogP contribution in [0.15, 0.2) is 30.3 Å². The fraction of sp³-hybridized carbons (Fsp3) is 0.500. The minimum atomic E-state index is 0.0729. The SMILES string of the molecule is CC(=O)N[C@@H]1C[C@@H](C)N(Cc2ccccc2)C1. The minimum absolute atomic E-state index is 0.0729. The first-order valence-electron chi connectivity index (χ1n) is 6.20. The van der Waals surface area contributed by atoms with Crippen LogP contribution in [0.3, 0.4) is 0 Å². The van der Waals surface area contributed by atoms with Crippen LogP contribution in [-0.4, -0.2) is 29.4 Å². The molecule has 0 radical (unpaired) electrons. The smallest absolute Gasteiger partial charge is 0.217 e. The Balaban J connectivity index is 1.92. The fourth-order valence-corrected chi connectivity index (χ4v) is 2.53. The minimum Gasteiger partial charge on any atom is -0.352 e. The Morgan fingerprint density at radius 2 is 2.12 bits per heavy atom. The zero-order chi connectivity index (χ0) is 12.3. The van der Waals surface area contributed by atoms with Gasteiger partial charge < -0.3 is 5.32 Å². The van der Waals surface area contributed by atoms with Crippen LogP contribution < -0.4 is 5.32 Å². The molecule has 0 bridgehead atoms. The number of hydrogen-bond acceptors (Lipinski definition) is 2. The van der Waals surface area contributed by atoms with Crippen molar-refractivity contribution in [2.75, 3.05) is 6.54 Å². The molecule has 2 atom stereocenters. The topological polar surface area (TPSA) is 32.3 Å². The van der Waals surface area contributed by atoms with Gasteiger partial charge in [-0.3, -0.25) is 9.69 Å². The predicted octanol–water partition coefficient (Wildman–Crippen LogP) is 1.79. The van der Waals surface area contributed by atoms with Crippen molar-refractivity contribution >= 4 is 5.91 Å². The van der Waals surface area contributed by atoms with Crippen molar-refractivity contribution in [1.82, 2.24) is 10.2 Å². The van der Waals surface area contributed by atoms with Crippen LogP contribution in [0.2, 0.25) is 0 Å². The highest BCUT2D eigenvalue weighted by Gasteiger charge is 2.29. The molecule has 1 N–H and O–H groups in total. The molecule has 0 spiro atoms. The van der Waals surface area contributed by atoms with Crippen LogP contribution in [0.1, 0.15) is 25.8 Å². The van der Waals surface area contributed by atoms with Crippen molar-refractivity contribution in [2.45, 2.75) is 38.9 Å². The Morgan fingerprint density at radius 3 is 2.76 bits per heavy atom. The van der Waals surface area contributed by atoms with Gasteiger partial charge in [0.15, 0.2) is 0 Å². The van der Waals surface area contributed by atoms with Crippen LogP contribution in [0.4, 0.5) is 0 Å². The van der Waals surface area contributed by atoms with Gasteiger partial charge >= 0.3 is 0 Å². The van der Waals surface area contributed by atoms with Gasteiger partial charge in [-0.25, -0.2) is 0 Å². The van der Waals surface area contributed by atoms with Crippen LogP contribution >= 0.6 is 0 Å². The number of carbonyl (C=O) groups excluding carboxylic acids is 1. The van der Waals surface area contributed by atoms with E-state index in [0.717, 1.165) is 19.5 Å². The lowest BCUT2D eigenvalue weighted by Crippen LogP contribution is -2.35. The maximum absolute atomic E-state index is 11.0. The number of hydrogen-bond donors (Lipinski definition) is 1. The number of nitrogens with one attached hydrogen (secondary N) is 1. The maximum Gasteiger partial charge on any atom is 0.217 e. The van der Waals surface area contributed by atoms with Crippen molar-refractivity contribution < 1.29 is 4.79 Å². The van der Waals surface area contributed by atoms with E-state index >= 15 is 0 Å². The second-order valence-electron chi connectivity index (χ2n) is 4.90. The predicted molar refractivity (Wildman–Crippen MR) is 68.5 cm³/mol.